The van der Waals surface area contributed by atoms with E-state index in [1.54, 1.807) is 0 Å². The number of benzene rings is 1. The Kier molecular flexibility index (Phi) is 8.57. The lowest BCUT2D eigenvalue weighted by atomic mass is 9.69. The number of hydrogen-bond donors (Lipinski definition) is 2. The molecule has 2 saturated carbocycles. The van der Waals surface area contributed by atoms with Crippen LogP contribution >= 0.6 is 0 Å². The molecule has 2 fully saturated rings. The first kappa shape index (κ1) is 26.5. The highest BCUT2D eigenvalue weighted by Crippen LogP contribution is 2.50. The molecule has 6 atom stereocenters. The number of hydrogen-bond acceptors (Lipinski definition) is 4. The highest BCUT2D eigenvalue weighted by molar-refractivity contribution is 7.90. The number of carbonyl (C=O) groups is 1. The van der Waals surface area contributed by atoms with E-state index < -0.39 is 33.6 Å². The van der Waals surface area contributed by atoms with E-state index in [1.165, 1.54) is 0 Å². The Morgan fingerprint density at radius 1 is 1.09 bits per heavy atom. The number of carbonyl (C=O) groups excluding carboxylic acids is 1. The fourth-order valence-corrected chi connectivity index (χ4v) is 6.33. The molecule has 0 spiro atoms. The first-order valence-corrected chi connectivity index (χ1v) is 13.1. The van der Waals surface area contributed by atoms with E-state index in [1.807, 2.05) is 34.6 Å². The Labute approximate surface area is 198 Å². The predicted molar refractivity (Wildman–Crippen MR) is 125 cm³/mol. The SMILES string of the molecule is CC(C)NCC(=O)C1[C@@H]2CC[C@H]1CC([C@@H](Cc1cc(F)c(F)cc1F)N[S+]([O-])C(C)(C)C)C2. The molecule has 0 aromatic heterocycles. The summed E-state index contributed by atoms with van der Waals surface area (Å²) in [5, 5.41) is 3.23. The molecule has 1 aromatic carbocycles. The van der Waals surface area contributed by atoms with Gasteiger partial charge in [0, 0.05) is 29.4 Å². The van der Waals surface area contributed by atoms with Gasteiger partial charge in [0.25, 0.3) is 0 Å². The van der Waals surface area contributed by atoms with E-state index in [2.05, 4.69) is 10.0 Å². The van der Waals surface area contributed by atoms with Gasteiger partial charge in [0.05, 0.1) is 12.6 Å². The second-order valence-electron chi connectivity index (χ2n) is 11.0. The van der Waals surface area contributed by atoms with Crippen LogP contribution in [0.1, 0.15) is 65.9 Å². The fraction of sp³-hybridized carbons (Fsp3) is 0.720. The maximum absolute atomic E-state index is 14.5. The van der Waals surface area contributed by atoms with Crippen molar-refractivity contribution in [3.63, 3.8) is 0 Å². The van der Waals surface area contributed by atoms with E-state index in [0.29, 0.717) is 12.6 Å². The minimum atomic E-state index is -1.40. The van der Waals surface area contributed by atoms with Crippen LogP contribution in [0.15, 0.2) is 12.1 Å². The minimum Gasteiger partial charge on any atom is -0.598 e. The molecule has 0 radical (unpaired) electrons. The van der Waals surface area contributed by atoms with Crippen LogP contribution in [0.4, 0.5) is 13.2 Å². The zero-order valence-electron chi connectivity index (χ0n) is 20.2. The van der Waals surface area contributed by atoms with Crippen LogP contribution in [-0.4, -0.2) is 33.7 Å². The monoisotopic (exact) mass is 486 g/mol. The minimum absolute atomic E-state index is 0.0289. The van der Waals surface area contributed by atoms with Crippen LogP contribution in [-0.2, 0) is 22.6 Å². The summed E-state index contributed by atoms with van der Waals surface area (Å²) >= 11 is -1.40. The molecule has 2 N–H and O–H groups in total. The van der Waals surface area contributed by atoms with Crippen molar-refractivity contribution in [2.45, 2.75) is 83.6 Å². The third kappa shape index (κ3) is 6.53. The van der Waals surface area contributed by atoms with E-state index in [-0.39, 0.29) is 53.5 Å². The Bertz CT molecular complexity index is 832. The Morgan fingerprint density at radius 2 is 1.67 bits per heavy atom. The number of rotatable bonds is 9. The second kappa shape index (κ2) is 10.7. The molecule has 0 heterocycles. The summed E-state index contributed by atoms with van der Waals surface area (Å²) in [7, 11) is 0. The van der Waals surface area contributed by atoms with E-state index in [0.717, 1.165) is 31.7 Å². The van der Waals surface area contributed by atoms with Gasteiger partial charge in [-0.2, -0.15) is 0 Å². The topological polar surface area (TPSA) is 64.2 Å². The van der Waals surface area contributed by atoms with Crippen molar-refractivity contribution in [1.82, 2.24) is 10.0 Å². The van der Waals surface area contributed by atoms with Crippen LogP contribution < -0.4 is 10.0 Å². The van der Waals surface area contributed by atoms with Crippen LogP contribution in [0.5, 0.6) is 0 Å². The molecule has 2 aliphatic rings. The average Bonchev–Trinajstić information content (AvgIpc) is 2.98. The van der Waals surface area contributed by atoms with Gasteiger partial charge in [-0.15, -0.1) is 4.72 Å². The molecule has 3 unspecified atom stereocenters. The first-order valence-electron chi connectivity index (χ1n) is 11.9. The van der Waals surface area contributed by atoms with E-state index >= 15 is 0 Å². The summed E-state index contributed by atoms with van der Waals surface area (Å²) in [6.45, 7) is 9.96. The predicted octanol–water partition coefficient (Wildman–Crippen LogP) is 4.69. The zero-order chi connectivity index (χ0) is 24.5. The van der Waals surface area contributed by atoms with Gasteiger partial charge in [-0.1, -0.05) is 13.8 Å². The van der Waals surface area contributed by atoms with Gasteiger partial charge >= 0.3 is 0 Å². The van der Waals surface area contributed by atoms with Crippen LogP contribution in [0.2, 0.25) is 0 Å². The number of nitrogens with one attached hydrogen (secondary N) is 2. The maximum atomic E-state index is 14.5. The quantitative estimate of drug-likeness (QED) is 0.393. The van der Waals surface area contributed by atoms with Gasteiger partial charge in [0.15, 0.2) is 11.6 Å². The molecule has 1 aromatic rings. The van der Waals surface area contributed by atoms with Crippen molar-refractivity contribution >= 4 is 17.1 Å². The van der Waals surface area contributed by atoms with Crippen molar-refractivity contribution in [3.05, 3.63) is 35.1 Å². The summed E-state index contributed by atoms with van der Waals surface area (Å²) in [5.74, 6) is -2.25. The number of halogens is 3. The van der Waals surface area contributed by atoms with Gasteiger partial charge < -0.3 is 9.87 Å². The number of Topliss-reactive ketones (excluding diaryl/α,β-unsaturated/α-hetero) is 1. The van der Waals surface area contributed by atoms with E-state index in [9.17, 15) is 22.5 Å². The van der Waals surface area contributed by atoms with Crippen LogP contribution in [0, 0.1) is 41.1 Å². The molecular formula is C25H37F3N2O2S. The van der Waals surface area contributed by atoms with Gasteiger partial charge in [-0.05, 0) is 82.3 Å². The molecule has 8 heteroatoms. The fourth-order valence-electron chi connectivity index (χ4n) is 5.43. The normalized spacial score (nSPS) is 27.1. The van der Waals surface area contributed by atoms with Crippen molar-refractivity contribution < 1.29 is 22.5 Å². The molecule has 3 rings (SSSR count). The third-order valence-corrected chi connectivity index (χ3v) is 8.73. The van der Waals surface area contributed by atoms with Gasteiger partial charge in [-0.3, -0.25) is 4.79 Å². The van der Waals surface area contributed by atoms with Crippen molar-refractivity contribution in [2.24, 2.45) is 23.7 Å². The highest BCUT2D eigenvalue weighted by atomic mass is 32.2. The van der Waals surface area contributed by atoms with Crippen molar-refractivity contribution in [2.75, 3.05) is 6.54 Å². The molecule has 33 heavy (non-hydrogen) atoms. The van der Waals surface area contributed by atoms with Gasteiger partial charge in [0.2, 0.25) is 0 Å². The summed E-state index contributed by atoms with van der Waals surface area (Å²) in [6.07, 6.45) is 3.63. The molecular weight excluding hydrogens is 449 g/mol. The smallest absolute Gasteiger partial charge is 0.161 e. The molecule has 2 aliphatic carbocycles. The lowest BCUT2D eigenvalue weighted by molar-refractivity contribution is -0.126. The molecule has 186 valence electrons. The summed E-state index contributed by atoms with van der Waals surface area (Å²) in [6, 6.07) is 1.36. The molecule has 4 nitrogen and oxygen atoms in total. The lowest BCUT2D eigenvalue weighted by Crippen LogP contribution is -2.50. The molecule has 0 aliphatic heterocycles. The van der Waals surface area contributed by atoms with Gasteiger partial charge in [0.1, 0.15) is 16.3 Å². The number of fused-ring (bicyclic) bond motifs is 2. The third-order valence-electron chi connectivity index (χ3n) is 7.10. The zero-order valence-corrected chi connectivity index (χ0v) is 21.0. The first-order chi connectivity index (χ1) is 15.4. The van der Waals surface area contributed by atoms with Crippen LogP contribution in [0.3, 0.4) is 0 Å². The standard InChI is InChI=1S/C25H37F3N2O2S/c1-14(2)29-13-23(31)24-15-6-7-16(24)9-18(8-15)22(30-33(32)25(3,4)5)11-17-10-20(27)21(28)12-19(17)26/h10,12,14-16,18,22,24,29-30H,6-9,11,13H2,1-5H3/t15-,16+,18?,22-,24?,33?/m1/s1. The second-order valence-corrected chi connectivity index (χ2v) is 13.0. The molecule has 0 amide bonds. The molecule has 0 saturated heterocycles. The molecule has 2 bridgehead atoms. The Morgan fingerprint density at radius 3 is 2.21 bits per heavy atom. The van der Waals surface area contributed by atoms with E-state index in [4.69, 9.17) is 0 Å². The van der Waals surface area contributed by atoms with Crippen LogP contribution in [0.25, 0.3) is 0 Å². The average molecular weight is 487 g/mol. The Balaban J connectivity index is 1.79. The Hall–Kier alpha value is -1.09. The van der Waals surface area contributed by atoms with Gasteiger partial charge in [-0.25, -0.2) is 13.2 Å². The van der Waals surface area contributed by atoms with Crippen molar-refractivity contribution in [3.8, 4) is 0 Å². The summed E-state index contributed by atoms with van der Waals surface area (Å²) < 4.78 is 57.3. The van der Waals surface area contributed by atoms with Crippen molar-refractivity contribution in [1.29, 1.82) is 0 Å². The largest absolute Gasteiger partial charge is 0.598 e. The lowest BCUT2D eigenvalue weighted by Gasteiger charge is -2.39. The summed E-state index contributed by atoms with van der Waals surface area (Å²) in [5.41, 5.74) is 0.0731. The maximum Gasteiger partial charge on any atom is 0.161 e. The summed E-state index contributed by atoms with van der Waals surface area (Å²) in [4.78, 5) is 12.9. The number of ketones is 1. The highest BCUT2D eigenvalue weighted by Gasteiger charge is 2.48.